The molecule has 1 aromatic rings. The van der Waals surface area contributed by atoms with Gasteiger partial charge in [0.2, 0.25) is 0 Å². The van der Waals surface area contributed by atoms with Gasteiger partial charge in [-0.1, -0.05) is 6.07 Å². The van der Waals surface area contributed by atoms with E-state index < -0.39 is 0 Å². The molecule has 1 atom stereocenters. The van der Waals surface area contributed by atoms with Crippen LogP contribution in [0.5, 0.6) is 0 Å². The summed E-state index contributed by atoms with van der Waals surface area (Å²) in [6.45, 7) is 3.70. The van der Waals surface area contributed by atoms with Crippen LogP contribution in [-0.4, -0.2) is 31.6 Å². The van der Waals surface area contributed by atoms with E-state index in [0.717, 1.165) is 18.2 Å². The zero-order chi connectivity index (χ0) is 13.9. The molecule has 3 rings (SSSR count). The Balaban J connectivity index is 1.46. The van der Waals surface area contributed by atoms with Crippen LogP contribution in [0, 0.1) is 5.92 Å². The molecule has 0 radical (unpaired) electrons. The Morgan fingerprint density at radius 2 is 2.05 bits per heavy atom. The van der Waals surface area contributed by atoms with Crippen LogP contribution in [0.1, 0.15) is 42.9 Å². The molecule has 3 N–H and O–H groups in total. The van der Waals surface area contributed by atoms with Gasteiger partial charge in [0.25, 0.3) is 0 Å². The number of rotatable bonds is 4. The second-order valence-electron chi connectivity index (χ2n) is 6.54. The Labute approximate surface area is 122 Å². The third-order valence-electron chi connectivity index (χ3n) is 5.03. The maximum atomic E-state index is 5.86. The topological polar surface area (TPSA) is 41.3 Å². The van der Waals surface area contributed by atoms with E-state index >= 15 is 0 Å². The first-order chi connectivity index (χ1) is 9.72. The van der Waals surface area contributed by atoms with Crippen molar-refractivity contribution in [3.8, 4) is 0 Å². The molecule has 110 valence electrons. The van der Waals surface area contributed by atoms with Gasteiger partial charge in [0.05, 0.1) is 0 Å². The van der Waals surface area contributed by atoms with E-state index in [1.165, 1.54) is 56.3 Å². The van der Waals surface area contributed by atoms with Crippen LogP contribution in [0.3, 0.4) is 0 Å². The highest BCUT2D eigenvalue weighted by molar-refractivity contribution is 5.47. The molecule has 0 aromatic heterocycles. The van der Waals surface area contributed by atoms with Gasteiger partial charge < -0.3 is 16.0 Å². The first-order valence-electron chi connectivity index (χ1n) is 8.02. The summed E-state index contributed by atoms with van der Waals surface area (Å²) in [5.41, 5.74) is 9.68. The van der Waals surface area contributed by atoms with E-state index in [1.807, 2.05) is 6.07 Å². The number of nitrogen functional groups attached to an aromatic ring is 1. The van der Waals surface area contributed by atoms with Gasteiger partial charge >= 0.3 is 0 Å². The number of hydrogen-bond donors (Lipinski definition) is 2. The highest BCUT2D eigenvalue weighted by atomic mass is 15.1. The van der Waals surface area contributed by atoms with E-state index in [9.17, 15) is 0 Å². The molecule has 1 aliphatic carbocycles. The largest absolute Gasteiger partial charge is 0.399 e. The minimum Gasteiger partial charge on any atom is -0.399 e. The summed E-state index contributed by atoms with van der Waals surface area (Å²) in [5.74, 6) is 0.922. The van der Waals surface area contributed by atoms with Crippen molar-refractivity contribution in [2.75, 3.05) is 32.4 Å². The molecule has 3 heteroatoms. The highest BCUT2D eigenvalue weighted by Crippen LogP contribution is 2.32. The molecule has 1 saturated heterocycles. The quantitative estimate of drug-likeness (QED) is 0.829. The fraction of sp³-hybridized carbons (Fsp3) is 0.647. The molecular weight excluding hydrogens is 246 g/mol. The lowest BCUT2D eigenvalue weighted by Crippen LogP contribution is -2.32. The summed E-state index contributed by atoms with van der Waals surface area (Å²) in [6, 6.07) is 6.95. The molecule has 1 aromatic carbocycles. The zero-order valence-electron chi connectivity index (χ0n) is 12.6. The molecule has 3 nitrogen and oxygen atoms in total. The number of nitrogens with two attached hydrogens (primary N) is 1. The maximum absolute atomic E-state index is 5.86. The van der Waals surface area contributed by atoms with Gasteiger partial charge in [-0.2, -0.15) is 0 Å². The predicted octanol–water partition coefficient (Wildman–Crippen LogP) is 2.58. The van der Waals surface area contributed by atoms with Gasteiger partial charge in [0.15, 0.2) is 0 Å². The molecule has 2 aliphatic rings. The molecule has 1 fully saturated rings. The predicted molar refractivity (Wildman–Crippen MR) is 84.8 cm³/mol. The van der Waals surface area contributed by atoms with Gasteiger partial charge in [0, 0.05) is 11.7 Å². The smallest absolute Gasteiger partial charge is 0.0326 e. The van der Waals surface area contributed by atoms with Gasteiger partial charge in [-0.3, -0.25) is 0 Å². The van der Waals surface area contributed by atoms with E-state index in [4.69, 9.17) is 5.73 Å². The lowest BCUT2D eigenvalue weighted by Gasteiger charge is -2.29. The lowest BCUT2D eigenvalue weighted by atomic mass is 9.93. The van der Waals surface area contributed by atoms with Gasteiger partial charge in [0.1, 0.15) is 0 Å². The number of aryl methyl sites for hydroxylation is 1. The van der Waals surface area contributed by atoms with Crippen molar-refractivity contribution in [3.63, 3.8) is 0 Å². The number of fused-ring (bicyclic) bond motifs is 1. The van der Waals surface area contributed by atoms with Crippen molar-refractivity contribution < 1.29 is 0 Å². The van der Waals surface area contributed by atoms with Crippen molar-refractivity contribution in [2.45, 2.75) is 38.1 Å². The molecule has 0 spiro atoms. The normalized spacial score (nSPS) is 23.9. The maximum Gasteiger partial charge on any atom is 0.0326 e. The Bertz CT molecular complexity index is 450. The SMILES string of the molecule is CN1CCC(CCNC2CCc3cc(N)ccc32)CC1. The van der Waals surface area contributed by atoms with Crippen molar-refractivity contribution in [1.82, 2.24) is 10.2 Å². The average Bonchev–Trinajstić information content (AvgIpc) is 2.83. The van der Waals surface area contributed by atoms with Crippen molar-refractivity contribution in [3.05, 3.63) is 29.3 Å². The second kappa shape index (κ2) is 6.15. The van der Waals surface area contributed by atoms with Crippen molar-refractivity contribution in [1.29, 1.82) is 0 Å². The Kier molecular flexibility index (Phi) is 4.27. The summed E-state index contributed by atoms with van der Waals surface area (Å²) in [4.78, 5) is 2.45. The molecule has 1 heterocycles. The monoisotopic (exact) mass is 273 g/mol. The second-order valence-corrected chi connectivity index (χ2v) is 6.54. The van der Waals surface area contributed by atoms with E-state index in [0.29, 0.717) is 6.04 Å². The molecule has 1 aliphatic heterocycles. The van der Waals surface area contributed by atoms with Crippen LogP contribution in [-0.2, 0) is 6.42 Å². The molecule has 0 amide bonds. The summed E-state index contributed by atoms with van der Waals surface area (Å²) >= 11 is 0. The fourth-order valence-corrected chi connectivity index (χ4v) is 3.66. The Morgan fingerprint density at radius 3 is 2.85 bits per heavy atom. The van der Waals surface area contributed by atoms with Crippen LogP contribution >= 0.6 is 0 Å². The zero-order valence-corrected chi connectivity index (χ0v) is 12.6. The molecule has 0 saturated carbocycles. The molecule has 0 bridgehead atoms. The van der Waals surface area contributed by atoms with Crippen molar-refractivity contribution >= 4 is 5.69 Å². The van der Waals surface area contributed by atoms with E-state index in [-0.39, 0.29) is 0 Å². The van der Waals surface area contributed by atoms with Crippen LogP contribution < -0.4 is 11.1 Å². The minimum absolute atomic E-state index is 0.553. The number of likely N-dealkylation sites (tertiary alicyclic amines) is 1. The summed E-state index contributed by atoms with van der Waals surface area (Å²) in [6.07, 6.45) is 6.47. The van der Waals surface area contributed by atoms with Gasteiger partial charge in [-0.25, -0.2) is 0 Å². The fourth-order valence-electron chi connectivity index (χ4n) is 3.66. The third kappa shape index (κ3) is 3.15. The number of anilines is 1. The van der Waals surface area contributed by atoms with Gasteiger partial charge in [-0.15, -0.1) is 0 Å². The van der Waals surface area contributed by atoms with E-state index in [1.54, 1.807) is 0 Å². The lowest BCUT2D eigenvalue weighted by molar-refractivity contribution is 0.210. The minimum atomic E-state index is 0.553. The third-order valence-corrected chi connectivity index (χ3v) is 5.03. The number of piperidine rings is 1. The van der Waals surface area contributed by atoms with Crippen LogP contribution in [0.25, 0.3) is 0 Å². The first kappa shape index (κ1) is 13.9. The Hall–Kier alpha value is -1.06. The molecule has 1 unspecified atom stereocenters. The standard InChI is InChI=1S/C17H27N3/c1-20-10-7-13(8-11-20)6-9-19-17-5-2-14-12-15(18)3-4-16(14)17/h3-4,12-13,17,19H,2,5-11,18H2,1H3. The van der Waals surface area contributed by atoms with Crippen LogP contribution in [0.4, 0.5) is 5.69 Å². The first-order valence-corrected chi connectivity index (χ1v) is 8.02. The highest BCUT2D eigenvalue weighted by Gasteiger charge is 2.22. The number of nitrogens with zero attached hydrogens (tertiary/aromatic N) is 1. The summed E-state index contributed by atoms with van der Waals surface area (Å²) in [5, 5.41) is 3.76. The van der Waals surface area contributed by atoms with Gasteiger partial charge in [-0.05, 0) is 88.0 Å². The number of benzene rings is 1. The van der Waals surface area contributed by atoms with Crippen LogP contribution in [0.15, 0.2) is 18.2 Å². The molecule has 20 heavy (non-hydrogen) atoms. The number of nitrogens with one attached hydrogen (secondary N) is 1. The molecular formula is C17H27N3. The van der Waals surface area contributed by atoms with E-state index in [2.05, 4.69) is 29.4 Å². The van der Waals surface area contributed by atoms with Crippen LogP contribution in [0.2, 0.25) is 0 Å². The Morgan fingerprint density at radius 1 is 1.25 bits per heavy atom. The summed E-state index contributed by atoms with van der Waals surface area (Å²) < 4.78 is 0. The summed E-state index contributed by atoms with van der Waals surface area (Å²) in [7, 11) is 2.23. The van der Waals surface area contributed by atoms with Crippen molar-refractivity contribution in [2.24, 2.45) is 5.92 Å². The average molecular weight is 273 g/mol. The number of hydrogen-bond acceptors (Lipinski definition) is 3.